The monoisotopic (exact) mass is 449 g/mol. The van der Waals surface area contributed by atoms with Crippen LogP contribution in [0.1, 0.15) is 21.5 Å². The average molecular weight is 450 g/mol. The Kier molecular flexibility index (Phi) is 5.94. The molecule has 0 spiro atoms. The maximum absolute atomic E-state index is 13.4. The van der Waals surface area contributed by atoms with E-state index >= 15 is 0 Å². The summed E-state index contributed by atoms with van der Waals surface area (Å²) in [4.78, 5) is 27.0. The van der Waals surface area contributed by atoms with Crippen molar-refractivity contribution in [1.82, 2.24) is 0 Å². The molecule has 154 valence electrons. The Labute approximate surface area is 190 Å². The molecule has 31 heavy (non-hydrogen) atoms. The summed E-state index contributed by atoms with van der Waals surface area (Å²) in [7, 11) is 1.32. The molecule has 1 heterocycles. The van der Waals surface area contributed by atoms with Gasteiger partial charge in [-0.05, 0) is 53.6 Å². The van der Waals surface area contributed by atoms with E-state index in [1.807, 2.05) is 36.4 Å². The normalized spacial score (nSPS) is 14.7. The molecule has 1 aliphatic rings. The summed E-state index contributed by atoms with van der Waals surface area (Å²) in [5.41, 5.74) is 3.63. The smallest absolute Gasteiger partial charge is 0.337 e. The minimum absolute atomic E-state index is 0.230. The summed E-state index contributed by atoms with van der Waals surface area (Å²) in [6.07, 6.45) is 3.54. The number of ether oxygens (including phenoxy) is 1. The van der Waals surface area contributed by atoms with Crippen molar-refractivity contribution in [2.75, 3.05) is 12.0 Å². The van der Waals surface area contributed by atoms with Crippen LogP contribution in [-0.4, -0.2) is 19.0 Å². The van der Waals surface area contributed by atoms with Crippen molar-refractivity contribution >= 4 is 52.5 Å². The highest BCUT2D eigenvalue weighted by molar-refractivity contribution is 6.35. The van der Waals surface area contributed by atoms with Crippen molar-refractivity contribution in [2.45, 2.75) is 0 Å². The van der Waals surface area contributed by atoms with Gasteiger partial charge in [0.05, 0.1) is 24.1 Å². The standard InChI is InChI=1S/C25H17Cl2NO3/c1-31-25(30)18-8-5-9-21(13-18)28-23(16-6-3-2-4-7-16)14-19(24(28)29)12-17-10-11-20(26)15-22(17)27/h2-15H,1H3/b19-12+. The van der Waals surface area contributed by atoms with Gasteiger partial charge < -0.3 is 4.74 Å². The van der Waals surface area contributed by atoms with Gasteiger partial charge in [0.15, 0.2) is 0 Å². The third-order valence-electron chi connectivity index (χ3n) is 4.85. The zero-order valence-corrected chi connectivity index (χ0v) is 18.0. The van der Waals surface area contributed by atoms with Crippen LogP contribution in [0.5, 0.6) is 0 Å². The van der Waals surface area contributed by atoms with Crippen molar-refractivity contribution in [3.8, 4) is 0 Å². The third kappa shape index (κ3) is 4.26. The van der Waals surface area contributed by atoms with Gasteiger partial charge in [-0.1, -0.05) is 65.7 Å². The predicted octanol–water partition coefficient (Wildman–Crippen LogP) is 6.25. The van der Waals surface area contributed by atoms with Crippen LogP contribution in [0.4, 0.5) is 5.69 Å². The lowest BCUT2D eigenvalue weighted by molar-refractivity contribution is -0.113. The largest absolute Gasteiger partial charge is 0.465 e. The van der Waals surface area contributed by atoms with E-state index in [1.54, 1.807) is 53.4 Å². The molecule has 0 saturated heterocycles. The molecule has 3 aromatic rings. The van der Waals surface area contributed by atoms with E-state index < -0.39 is 5.97 Å². The Balaban J connectivity index is 1.83. The van der Waals surface area contributed by atoms with Gasteiger partial charge in [-0.25, -0.2) is 4.79 Å². The van der Waals surface area contributed by atoms with E-state index in [4.69, 9.17) is 27.9 Å². The Morgan fingerprint density at radius 3 is 2.45 bits per heavy atom. The first-order chi connectivity index (χ1) is 15.0. The quantitative estimate of drug-likeness (QED) is 0.349. The Morgan fingerprint density at radius 1 is 0.968 bits per heavy atom. The van der Waals surface area contributed by atoms with Crippen LogP contribution in [0, 0.1) is 0 Å². The number of halogens is 2. The van der Waals surface area contributed by atoms with Gasteiger partial charge >= 0.3 is 5.97 Å². The lowest BCUT2D eigenvalue weighted by Gasteiger charge is -2.21. The first-order valence-electron chi connectivity index (χ1n) is 9.44. The van der Waals surface area contributed by atoms with Crippen LogP contribution >= 0.6 is 23.2 Å². The number of benzene rings is 3. The molecule has 0 fully saturated rings. The first kappa shape index (κ1) is 20.9. The van der Waals surface area contributed by atoms with Gasteiger partial charge in [0, 0.05) is 15.6 Å². The van der Waals surface area contributed by atoms with Crippen LogP contribution in [-0.2, 0) is 9.53 Å². The summed E-state index contributed by atoms with van der Waals surface area (Å²) >= 11 is 12.3. The van der Waals surface area contributed by atoms with Crippen molar-refractivity contribution in [3.05, 3.63) is 111 Å². The number of rotatable bonds is 4. The highest BCUT2D eigenvalue weighted by Crippen LogP contribution is 2.36. The molecule has 0 atom stereocenters. The molecule has 0 radical (unpaired) electrons. The Morgan fingerprint density at radius 2 is 1.74 bits per heavy atom. The van der Waals surface area contributed by atoms with Crippen molar-refractivity contribution < 1.29 is 14.3 Å². The maximum Gasteiger partial charge on any atom is 0.337 e. The fourth-order valence-corrected chi connectivity index (χ4v) is 3.83. The maximum atomic E-state index is 13.4. The SMILES string of the molecule is COC(=O)c1cccc(N2C(=O)/C(=C/c3ccc(Cl)cc3Cl)C=C2c2ccccc2)c1. The van der Waals surface area contributed by atoms with Crippen molar-refractivity contribution in [2.24, 2.45) is 0 Å². The van der Waals surface area contributed by atoms with E-state index in [-0.39, 0.29) is 5.91 Å². The van der Waals surface area contributed by atoms with E-state index in [2.05, 4.69) is 0 Å². The Hall–Kier alpha value is -3.34. The van der Waals surface area contributed by atoms with Gasteiger partial charge in [0.1, 0.15) is 0 Å². The van der Waals surface area contributed by atoms with E-state index in [9.17, 15) is 9.59 Å². The molecule has 0 saturated carbocycles. The number of methoxy groups -OCH3 is 1. The summed E-state index contributed by atoms with van der Waals surface area (Å²) in [5, 5.41) is 0.972. The van der Waals surface area contributed by atoms with E-state index in [0.29, 0.717) is 38.1 Å². The summed E-state index contributed by atoms with van der Waals surface area (Å²) in [5.74, 6) is -0.700. The number of carbonyl (C=O) groups excluding carboxylic acids is 2. The topological polar surface area (TPSA) is 46.6 Å². The average Bonchev–Trinajstić information content (AvgIpc) is 3.11. The second kappa shape index (κ2) is 8.80. The predicted molar refractivity (Wildman–Crippen MR) is 124 cm³/mol. The molecule has 3 aromatic carbocycles. The second-order valence-corrected chi connectivity index (χ2v) is 7.69. The van der Waals surface area contributed by atoms with Crippen LogP contribution < -0.4 is 4.90 Å². The highest BCUT2D eigenvalue weighted by atomic mass is 35.5. The molecule has 6 heteroatoms. The number of amides is 1. The zero-order chi connectivity index (χ0) is 22.0. The van der Waals surface area contributed by atoms with Gasteiger partial charge in [0.25, 0.3) is 5.91 Å². The number of hydrogen-bond donors (Lipinski definition) is 0. The molecule has 0 N–H and O–H groups in total. The minimum Gasteiger partial charge on any atom is -0.465 e. The molecule has 4 nitrogen and oxygen atoms in total. The number of hydrogen-bond acceptors (Lipinski definition) is 3. The molecular formula is C25H17Cl2NO3. The number of nitrogens with zero attached hydrogens (tertiary/aromatic N) is 1. The second-order valence-electron chi connectivity index (χ2n) is 6.84. The number of carbonyl (C=O) groups is 2. The summed E-state index contributed by atoms with van der Waals surface area (Å²) in [6.45, 7) is 0. The lowest BCUT2D eigenvalue weighted by Crippen LogP contribution is -2.25. The lowest BCUT2D eigenvalue weighted by atomic mass is 10.1. The van der Waals surface area contributed by atoms with Crippen LogP contribution in [0.3, 0.4) is 0 Å². The van der Waals surface area contributed by atoms with Crippen LogP contribution in [0.25, 0.3) is 11.8 Å². The Bertz CT molecular complexity index is 1230. The summed E-state index contributed by atoms with van der Waals surface area (Å²) < 4.78 is 4.82. The molecule has 1 aliphatic heterocycles. The van der Waals surface area contributed by atoms with Gasteiger partial charge in [-0.3, -0.25) is 9.69 Å². The zero-order valence-electron chi connectivity index (χ0n) is 16.5. The van der Waals surface area contributed by atoms with E-state index in [1.165, 1.54) is 7.11 Å². The van der Waals surface area contributed by atoms with Crippen molar-refractivity contribution in [3.63, 3.8) is 0 Å². The number of anilines is 1. The summed E-state index contributed by atoms with van der Waals surface area (Å²) in [6, 6.07) is 21.5. The van der Waals surface area contributed by atoms with Crippen LogP contribution in [0.15, 0.2) is 84.4 Å². The molecular weight excluding hydrogens is 433 g/mol. The highest BCUT2D eigenvalue weighted by Gasteiger charge is 2.31. The molecule has 0 aromatic heterocycles. The van der Waals surface area contributed by atoms with Crippen LogP contribution in [0.2, 0.25) is 10.0 Å². The van der Waals surface area contributed by atoms with Gasteiger partial charge in [0.2, 0.25) is 0 Å². The van der Waals surface area contributed by atoms with Gasteiger partial charge in [-0.2, -0.15) is 0 Å². The van der Waals surface area contributed by atoms with Crippen molar-refractivity contribution in [1.29, 1.82) is 0 Å². The minimum atomic E-state index is -0.470. The fraction of sp³-hybridized carbons (Fsp3) is 0.0400. The number of esters is 1. The molecule has 0 unspecified atom stereocenters. The molecule has 1 amide bonds. The van der Waals surface area contributed by atoms with E-state index in [0.717, 1.165) is 5.56 Å². The molecule has 0 aliphatic carbocycles. The third-order valence-corrected chi connectivity index (χ3v) is 5.41. The first-order valence-corrected chi connectivity index (χ1v) is 10.2. The molecule has 0 bridgehead atoms. The molecule has 4 rings (SSSR count). The fourth-order valence-electron chi connectivity index (χ4n) is 3.37. The van der Waals surface area contributed by atoms with Gasteiger partial charge in [-0.15, -0.1) is 0 Å².